The highest BCUT2D eigenvalue weighted by Crippen LogP contribution is 2.03. The van der Waals surface area contributed by atoms with Crippen LogP contribution in [-0.2, 0) is 14.4 Å². The predicted octanol–water partition coefficient (Wildman–Crippen LogP) is 0.854. The lowest BCUT2D eigenvalue weighted by atomic mass is 10.1. The van der Waals surface area contributed by atoms with E-state index in [2.05, 4.69) is 10.6 Å². The van der Waals surface area contributed by atoms with Crippen molar-refractivity contribution in [2.24, 2.45) is 5.92 Å². The van der Waals surface area contributed by atoms with Crippen LogP contribution >= 0.6 is 0 Å². The number of amides is 1. The first-order chi connectivity index (χ1) is 10.8. The van der Waals surface area contributed by atoms with Gasteiger partial charge < -0.3 is 20.8 Å². The van der Waals surface area contributed by atoms with Gasteiger partial charge in [-0.15, -0.1) is 0 Å². The van der Waals surface area contributed by atoms with E-state index in [0.717, 1.165) is 6.20 Å². The fraction of sp³-hybridized carbons (Fsp3) is 0.600. The minimum atomic E-state index is -1.06. The molecule has 4 N–H and O–H groups in total. The predicted molar refractivity (Wildman–Crippen MR) is 82.2 cm³/mol. The summed E-state index contributed by atoms with van der Waals surface area (Å²) in [4.78, 5) is 33.1. The van der Waals surface area contributed by atoms with E-state index in [9.17, 15) is 14.4 Å². The molecule has 0 fully saturated rings. The third-order valence-electron chi connectivity index (χ3n) is 3.06. The molecule has 128 valence electrons. The molecule has 1 amide bonds. The van der Waals surface area contributed by atoms with Crippen LogP contribution in [0.4, 0.5) is 0 Å². The van der Waals surface area contributed by atoms with Crippen LogP contribution in [0.3, 0.4) is 0 Å². The smallest absolute Gasteiger partial charge is 0.326 e. The molecular formula is C15H23N3O5. The molecule has 0 aliphatic carbocycles. The third-order valence-corrected chi connectivity index (χ3v) is 3.06. The van der Waals surface area contributed by atoms with E-state index >= 15 is 0 Å². The van der Waals surface area contributed by atoms with Crippen molar-refractivity contribution in [3.05, 3.63) is 11.8 Å². The number of hydrogen-bond donors (Lipinski definition) is 4. The highest BCUT2D eigenvalue weighted by Gasteiger charge is 2.20. The van der Waals surface area contributed by atoms with Crippen molar-refractivity contribution in [3.63, 3.8) is 0 Å². The van der Waals surface area contributed by atoms with E-state index in [0.29, 0.717) is 25.8 Å². The van der Waals surface area contributed by atoms with E-state index in [1.54, 1.807) is 19.9 Å². The number of carbonyl (C=O) groups excluding carboxylic acids is 1. The SMILES string of the molecule is CC(C)C(N/C=C(/C#N)C(=O)NCCCCCC(=O)O)C(=O)O. The van der Waals surface area contributed by atoms with Crippen molar-refractivity contribution in [2.45, 2.75) is 45.6 Å². The van der Waals surface area contributed by atoms with Gasteiger partial charge in [0.1, 0.15) is 17.7 Å². The number of nitrogens with zero attached hydrogens (tertiary/aromatic N) is 1. The van der Waals surface area contributed by atoms with Gasteiger partial charge in [-0.2, -0.15) is 5.26 Å². The topological polar surface area (TPSA) is 140 Å². The number of nitriles is 1. The monoisotopic (exact) mass is 325 g/mol. The molecule has 0 saturated heterocycles. The second-order valence-corrected chi connectivity index (χ2v) is 5.36. The zero-order valence-electron chi connectivity index (χ0n) is 13.3. The Morgan fingerprint density at radius 2 is 1.83 bits per heavy atom. The van der Waals surface area contributed by atoms with Gasteiger partial charge in [0, 0.05) is 19.2 Å². The number of hydrogen-bond acceptors (Lipinski definition) is 5. The number of unbranched alkanes of at least 4 members (excludes halogenated alkanes) is 2. The summed E-state index contributed by atoms with van der Waals surface area (Å²) in [5, 5.41) is 31.6. The molecule has 8 nitrogen and oxygen atoms in total. The zero-order valence-corrected chi connectivity index (χ0v) is 13.3. The lowest BCUT2D eigenvalue weighted by molar-refractivity contribution is -0.140. The Bertz CT molecular complexity index is 494. The van der Waals surface area contributed by atoms with Crippen molar-refractivity contribution in [1.82, 2.24) is 10.6 Å². The molecule has 0 aliphatic rings. The summed E-state index contributed by atoms with van der Waals surface area (Å²) in [7, 11) is 0. The number of rotatable bonds is 11. The Balaban J connectivity index is 4.31. The van der Waals surface area contributed by atoms with Gasteiger partial charge in [-0.05, 0) is 18.8 Å². The van der Waals surface area contributed by atoms with Gasteiger partial charge in [-0.1, -0.05) is 20.3 Å². The molecule has 0 heterocycles. The third kappa shape index (κ3) is 9.14. The van der Waals surface area contributed by atoms with Gasteiger partial charge in [0.15, 0.2) is 0 Å². The average molecular weight is 325 g/mol. The first kappa shape index (κ1) is 20.4. The summed E-state index contributed by atoms with van der Waals surface area (Å²) in [6, 6.07) is 0.831. The molecule has 0 aromatic heterocycles. The van der Waals surface area contributed by atoms with Gasteiger partial charge in [0.25, 0.3) is 5.91 Å². The fourth-order valence-corrected chi connectivity index (χ4v) is 1.75. The lowest BCUT2D eigenvalue weighted by Crippen LogP contribution is -2.38. The molecule has 0 bridgehead atoms. The number of carbonyl (C=O) groups is 3. The molecule has 0 aromatic rings. The van der Waals surface area contributed by atoms with Crippen LogP contribution < -0.4 is 10.6 Å². The van der Waals surface area contributed by atoms with Crippen LogP contribution in [0.1, 0.15) is 39.5 Å². The molecule has 0 radical (unpaired) electrons. The maximum Gasteiger partial charge on any atom is 0.326 e. The Hall–Kier alpha value is -2.56. The molecule has 0 aromatic carbocycles. The zero-order chi connectivity index (χ0) is 17.8. The van der Waals surface area contributed by atoms with Crippen LogP contribution in [0.25, 0.3) is 0 Å². The molecule has 1 unspecified atom stereocenters. The van der Waals surface area contributed by atoms with Gasteiger partial charge in [0.2, 0.25) is 0 Å². The largest absolute Gasteiger partial charge is 0.481 e. The first-order valence-electron chi connectivity index (χ1n) is 7.38. The van der Waals surface area contributed by atoms with Crippen LogP contribution in [0.15, 0.2) is 11.8 Å². The quantitative estimate of drug-likeness (QED) is 0.251. The summed E-state index contributed by atoms with van der Waals surface area (Å²) in [6.45, 7) is 3.75. The van der Waals surface area contributed by atoms with Gasteiger partial charge in [-0.25, -0.2) is 4.79 Å². The molecule has 0 rings (SSSR count). The summed E-state index contributed by atoms with van der Waals surface area (Å²) in [5.41, 5.74) is -0.206. The summed E-state index contributed by atoms with van der Waals surface area (Å²) in [5.74, 6) is -2.72. The maximum atomic E-state index is 11.8. The first-order valence-corrected chi connectivity index (χ1v) is 7.38. The highest BCUT2D eigenvalue weighted by molar-refractivity contribution is 5.97. The normalized spacial score (nSPS) is 12.3. The van der Waals surface area contributed by atoms with E-state index in [4.69, 9.17) is 15.5 Å². The molecule has 23 heavy (non-hydrogen) atoms. The fourth-order valence-electron chi connectivity index (χ4n) is 1.75. The van der Waals surface area contributed by atoms with E-state index < -0.39 is 23.9 Å². The molecule has 0 aliphatic heterocycles. The second-order valence-electron chi connectivity index (χ2n) is 5.36. The van der Waals surface area contributed by atoms with Crippen molar-refractivity contribution in [1.29, 1.82) is 5.26 Å². The summed E-state index contributed by atoms with van der Waals surface area (Å²) >= 11 is 0. The van der Waals surface area contributed by atoms with Crippen molar-refractivity contribution < 1.29 is 24.6 Å². The Kier molecular flexibility index (Phi) is 9.83. The number of carboxylic acid groups (broad SMARTS) is 2. The lowest BCUT2D eigenvalue weighted by Gasteiger charge is -2.16. The molecular weight excluding hydrogens is 302 g/mol. The Labute approximate surface area is 135 Å². The maximum absolute atomic E-state index is 11.8. The number of aliphatic carboxylic acids is 2. The van der Waals surface area contributed by atoms with E-state index in [1.165, 1.54) is 0 Å². The number of carboxylic acids is 2. The number of nitrogens with one attached hydrogen (secondary N) is 2. The van der Waals surface area contributed by atoms with Gasteiger partial charge >= 0.3 is 11.9 Å². The Morgan fingerprint density at radius 1 is 1.17 bits per heavy atom. The van der Waals surface area contributed by atoms with Crippen LogP contribution in [0.5, 0.6) is 0 Å². The van der Waals surface area contributed by atoms with Crippen LogP contribution in [0, 0.1) is 17.2 Å². The van der Waals surface area contributed by atoms with Crippen molar-refractivity contribution in [3.8, 4) is 6.07 Å². The van der Waals surface area contributed by atoms with Gasteiger partial charge in [0.05, 0.1) is 0 Å². The van der Waals surface area contributed by atoms with Gasteiger partial charge in [-0.3, -0.25) is 9.59 Å². The molecule has 0 spiro atoms. The van der Waals surface area contributed by atoms with Crippen molar-refractivity contribution >= 4 is 17.8 Å². The minimum absolute atomic E-state index is 0.0903. The second kappa shape index (κ2) is 11.1. The molecule has 8 heteroatoms. The Morgan fingerprint density at radius 3 is 2.30 bits per heavy atom. The van der Waals surface area contributed by atoms with E-state index in [-0.39, 0.29) is 17.9 Å². The van der Waals surface area contributed by atoms with Crippen LogP contribution in [-0.4, -0.2) is 40.6 Å². The van der Waals surface area contributed by atoms with Crippen LogP contribution in [0.2, 0.25) is 0 Å². The standard InChI is InChI=1S/C15H23N3O5/c1-10(2)13(15(22)23)18-9-11(8-16)14(21)17-7-5-3-4-6-12(19)20/h9-10,13,18H,3-7H2,1-2H3,(H,17,21)(H,19,20)(H,22,23)/b11-9-. The summed E-state index contributed by atoms with van der Waals surface area (Å²) in [6.07, 6.45) is 2.99. The summed E-state index contributed by atoms with van der Waals surface area (Å²) < 4.78 is 0. The molecule has 1 atom stereocenters. The molecule has 0 saturated carbocycles. The highest BCUT2D eigenvalue weighted by atomic mass is 16.4. The minimum Gasteiger partial charge on any atom is -0.481 e. The average Bonchev–Trinajstić information content (AvgIpc) is 2.45. The van der Waals surface area contributed by atoms with E-state index in [1.807, 2.05) is 0 Å². The van der Waals surface area contributed by atoms with Crippen molar-refractivity contribution in [2.75, 3.05) is 6.54 Å².